The molecule has 0 aliphatic carbocycles. The quantitative estimate of drug-likeness (QED) is 0.563. The van der Waals surface area contributed by atoms with Gasteiger partial charge in [-0.1, -0.05) is 11.3 Å². The Kier molecular flexibility index (Phi) is 4.14. The molecule has 0 unspecified atom stereocenters. The second kappa shape index (κ2) is 5.40. The average molecular weight is 216 g/mol. The van der Waals surface area contributed by atoms with Gasteiger partial charge in [-0.25, -0.2) is 4.98 Å². The van der Waals surface area contributed by atoms with Gasteiger partial charge in [-0.2, -0.15) is 0 Å². The van der Waals surface area contributed by atoms with E-state index in [0.717, 1.165) is 5.13 Å². The molecule has 0 aliphatic rings. The molecule has 0 saturated carbocycles. The minimum Gasteiger partial charge on any atom is -0.389 e. The summed E-state index contributed by atoms with van der Waals surface area (Å²) < 4.78 is 4.93. The smallest absolute Gasteiger partial charge is 0.243 e. The first-order chi connectivity index (χ1) is 6.68. The number of nitrogens with two attached hydrogens (primary N) is 2. The van der Waals surface area contributed by atoms with Gasteiger partial charge in [-0.15, -0.1) is 0 Å². The number of nitrogen functional groups attached to an aromatic ring is 1. The van der Waals surface area contributed by atoms with Gasteiger partial charge >= 0.3 is 0 Å². The zero-order valence-electron chi connectivity index (χ0n) is 7.53. The van der Waals surface area contributed by atoms with Crippen LogP contribution in [0.5, 0.6) is 0 Å². The normalized spacial score (nSPS) is 10.0. The van der Waals surface area contributed by atoms with Crippen LogP contribution in [0, 0.1) is 0 Å². The number of hydrogen-bond acceptors (Lipinski definition) is 6. The minimum atomic E-state index is -0.469. The molecule has 1 aromatic heterocycles. The number of thiazole rings is 1. The van der Waals surface area contributed by atoms with Crippen LogP contribution in [0.25, 0.3) is 0 Å². The monoisotopic (exact) mass is 216 g/mol. The van der Waals surface area contributed by atoms with Crippen LogP contribution in [-0.4, -0.2) is 30.6 Å². The van der Waals surface area contributed by atoms with Gasteiger partial charge in [-0.3, -0.25) is 4.79 Å². The topological polar surface area (TPSA) is 103 Å². The van der Waals surface area contributed by atoms with Crippen LogP contribution in [0.4, 0.5) is 10.1 Å². The summed E-state index contributed by atoms with van der Waals surface area (Å²) in [4.78, 5) is 14.3. The number of amides is 1. The van der Waals surface area contributed by atoms with Crippen molar-refractivity contribution in [2.45, 2.75) is 0 Å². The summed E-state index contributed by atoms with van der Waals surface area (Å²) in [5.74, 6) is -0.469. The summed E-state index contributed by atoms with van der Waals surface area (Å²) in [6, 6.07) is 0. The molecule has 0 aromatic carbocycles. The van der Waals surface area contributed by atoms with E-state index in [4.69, 9.17) is 16.2 Å². The third-order valence-corrected chi connectivity index (χ3v) is 2.07. The molecule has 7 heteroatoms. The predicted octanol–water partition coefficient (Wildman–Crippen LogP) is -0.361. The molecule has 0 spiro atoms. The molecule has 14 heavy (non-hydrogen) atoms. The lowest BCUT2D eigenvalue weighted by Crippen LogP contribution is -2.20. The second-order valence-corrected chi connectivity index (χ2v) is 3.58. The van der Waals surface area contributed by atoms with Crippen molar-refractivity contribution in [3.8, 4) is 0 Å². The van der Waals surface area contributed by atoms with Crippen molar-refractivity contribution < 1.29 is 9.53 Å². The Morgan fingerprint density at radius 1 is 1.71 bits per heavy atom. The zero-order valence-corrected chi connectivity index (χ0v) is 8.34. The summed E-state index contributed by atoms with van der Waals surface area (Å²) in [5.41, 5.74) is 10.4. The fourth-order valence-electron chi connectivity index (χ4n) is 0.771. The molecule has 5 N–H and O–H groups in total. The van der Waals surface area contributed by atoms with Gasteiger partial charge in [0.25, 0.3) is 0 Å². The van der Waals surface area contributed by atoms with Crippen LogP contribution in [0.2, 0.25) is 0 Å². The standard InChI is InChI=1S/C7H12N4O2S/c8-5(12)4-13-2-1-10-7-11-3-6(9)14-7/h3H,1-2,4,9H2,(H2,8,12)(H,10,11). The highest BCUT2D eigenvalue weighted by atomic mass is 32.1. The molecule has 78 valence electrons. The van der Waals surface area contributed by atoms with E-state index in [1.54, 1.807) is 6.20 Å². The van der Waals surface area contributed by atoms with Crippen molar-refractivity contribution in [2.24, 2.45) is 5.73 Å². The summed E-state index contributed by atoms with van der Waals surface area (Å²) in [6.45, 7) is 0.921. The summed E-state index contributed by atoms with van der Waals surface area (Å²) in [5, 5.41) is 4.39. The van der Waals surface area contributed by atoms with E-state index < -0.39 is 5.91 Å². The molecule has 1 amide bonds. The number of carbonyl (C=O) groups excluding carboxylic acids is 1. The van der Waals surface area contributed by atoms with Crippen molar-refractivity contribution in [1.82, 2.24) is 4.98 Å². The van der Waals surface area contributed by atoms with Gasteiger partial charge in [0.05, 0.1) is 12.8 Å². The minimum absolute atomic E-state index is 0.0539. The molecular formula is C7H12N4O2S. The number of anilines is 2. The number of aromatic nitrogens is 1. The Morgan fingerprint density at radius 3 is 3.07 bits per heavy atom. The largest absolute Gasteiger partial charge is 0.389 e. The number of nitrogens with zero attached hydrogens (tertiary/aromatic N) is 1. The highest BCUT2D eigenvalue weighted by Crippen LogP contribution is 2.18. The molecule has 1 aromatic rings. The summed E-state index contributed by atoms with van der Waals surface area (Å²) in [7, 11) is 0. The SMILES string of the molecule is NC(=O)COCCNc1ncc(N)s1. The summed E-state index contributed by atoms with van der Waals surface area (Å²) >= 11 is 1.36. The van der Waals surface area contributed by atoms with E-state index >= 15 is 0 Å². The maximum atomic E-state index is 10.3. The van der Waals surface area contributed by atoms with Crippen molar-refractivity contribution in [3.63, 3.8) is 0 Å². The van der Waals surface area contributed by atoms with Crippen LogP contribution in [0.15, 0.2) is 6.20 Å². The number of ether oxygens (including phenoxy) is 1. The lowest BCUT2D eigenvalue weighted by Gasteiger charge is -2.02. The van der Waals surface area contributed by atoms with E-state index in [1.807, 2.05) is 0 Å². The Balaban J connectivity index is 2.07. The second-order valence-electron chi connectivity index (χ2n) is 2.51. The lowest BCUT2D eigenvalue weighted by atomic mass is 10.6. The Hall–Kier alpha value is -1.34. The van der Waals surface area contributed by atoms with Gasteiger partial charge in [0.15, 0.2) is 5.13 Å². The van der Waals surface area contributed by atoms with Crippen LogP contribution < -0.4 is 16.8 Å². The van der Waals surface area contributed by atoms with E-state index in [-0.39, 0.29) is 6.61 Å². The number of rotatable bonds is 6. The van der Waals surface area contributed by atoms with Crippen molar-refractivity contribution in [1.29, 1.82) is 0 Å². The molecule has 1 heterocycles. The molecular weight excluding hydrogens is 204 g/mol. The maximum absolute atomic E-state index is 10.3. The first-order valence-corrected chi connectivity index (χ1v) is 4.81. The van der Waals surface area contributed by atoms with Crippen molar-refractivity contribution in [3.05, 3.63) is 6.20 Å². The molecule has 0 saturated heterocycles. The molecule has 0 bridgehead atoms. The molecule has 0 fully saturated rings. The summed E-state index contributed by atoms with van der Waals surface area (Å²) in [6.07, 6.45) is 1.58. The van der Waals surface area contributed by atoms with Crippen LogP contribution in [0.3, 0.4) is 0 Å². The maximum Gasteiger partial charge on any atom is 0.243 e. The average Bonchev–Trinajstić information content (AvgIpc) is 2.50. The molecule has 6 nitrogen and oxygen atoms in total. The molecule has 0 atom stereocenters. The van der Waals surface area contributed by atoms with Crippen LogP contribution >= 0.6 is 11.3 Å². The van der Waals surface area contributed by atoms with Gasteiger partial charge in [-0.05, 0) is 0 Å². The van der Waals surface area contributed by atoms with Gasteiger partial charge < -0.3 is 21.5 Å². The molecule has 0 aliphatic heterocycles. The highest BCUT2D eigenvalue weighted by Gasteiger charge is 1.97. The van der Waals surface area contributed by atoms with Crippen molar-refractivity contribution in [2.75, 3.05) is 30.8 Å². The highest BCUT2D eigenvalue weighted by molar-refractivity contribution is 7.19. The van der Waals surface area contributed by atoms with E-state index in [9.17, 15) is 4.79 Å². The van der Waals surface area contributed by atoms with E-state index in [2.05, 4.69) is 10.3 Å². The Bertz CT molecular complexity index is 302. The fraction of sp³-hybridized carbons (Fsp3) is 0.429. The van der Waals surface area contributed by atoms with Gasteiger partial charge in [0, 0.05) is 6.54 Å². The van der Waals surface area contributed by atoms with Crippen LogP contribution in [0.1, 0.15) is 0 Å². The Labute approximate surface area is 85.3 Å². The van der Waals surface area contributed by atoms with Crippen LogP contribution in [-0.2, 0) is 9.53 Å². The zero-order chi connectivity index (χ0) is 10.4. The van der Waals surface area contributed by atoms with E-state index in [0.29, 0.717) is 18.2 Å². The predicted molar refractivity (Wildman–Crippen MR) is 55.0 cm³/mol. The fourth-order valence-corrected chi connectivity index (χ4v) is 1.38. The first-order valence-electron chi connectivity index (χ1n) is 3.99. The van der Waals surface area contributed by atoms with Gasteiger partial charge in [0.2, 0.25) is 5.91 Å². The Morgan fingerprint density at radius 2 is 2.50 bits per heavy atom. The molecule has 0 radical (unpaired) electrons. The van der Waals surface area contributed by atoms with E-state index in [1.165, 1.54) is 11.3 Å². The number of primary amides is 1. The van der Waals surface area contributed by atoms with Gasteiger partial charge in [0.1, 0.15) is 11.6 Å². The number of carbonyl (C=O) groups is 1. The van der Waals surface area contributed by atoms with Crippen molar-refractivity contribution >= 4 is 27.4 Å². The third-order valence-electron chi connectivity index (χ3n) is 1.29. The molecule has 1 rings (SSSR count). The third kappa shape index (κ3) is 4.06. The number of nitrogens with one attached hydrogen (secondary N) is 1. The first kappa shape index (κ1) is 10.7. The lowest BCUT2D eigenvalue weighted by molar-refractivity contribution is -0.122. The number of hydrogen-bond donors (Lipinski definition) is 3.